The molecule has 2 aromatic rings. The van der Waals surface area contributed by atoms with Crippen LogP contribution in [0.2, 0.25) is 0 Å². The third-order valence-electron chi connectivity index (χ3n) is 1.48. The summed E-state index contributed by atoms with van der Waals surface area (Å²) in [5.41, 5.74) is -1.68. The smallest absolute Gasteiger partial charge is 0.276 e. The van der Waals surface area contributed by atoms with Crippen molar-refractivity contribution in [3.8, 4) is 0 Å². The van der Waals surface area contributed by atoms with Gasteiger partial charge in [-0.1, -0.05) is 22.9 Å². The van der Waals surface area contributed by atoms with E-state index in [1.54, 1.807) is 0 Å². The number of fused-ring (bicyclic) bond motifs is 1. The molecule has 0 aliphatic rings. The molecule has 2 rings (SSSR count). The van der Waals surface area contributed by atoms with Gasteiger partial charge in [0.05, 0.1) is 0 Å². The summed E-state index contributed by atoms with van der Waals surface area (Å²) in [6, 6.07) is 0. The molecule has 0 radical (unpaired) electrons. The highest BCUT2D eigenvalue weighted by molar-refractivity contribution is 7.21. The quantitative estimate of drug-likeness (QED) is 0.817. The molecule has 1 amide bonds. The Morgan fingerprint density at radius 1 is 1.53 bits per heavy atom. The average molecular weight is 247 g/mol. The lowest BCUT2D eigenvalue weighted by Gasteiger charge is -1.98. The summed E-state index contributed by atoms with van der Waals surface area (Å²) in [7, 11) is 0. The van der Waals surface area contributed by atoms with Gasteiger partial charge in [0.15, 0.2) is 15.6 Å². The molecule has 5 nitrogen and oxygen atoms in total. The molecule has 0 saturated carbocycles. The first-order valence-electron chi connectivity index (χ1n) is 3.83. The summed E-state index contributed by atoms with van der Waals surface area (Å²) in [5, 5.41) is 2.44. The van der Waals surface area contributed by atoms with Gasteiger partial charge in [0.25, 0.3) is 11.5 Å². The highest BCUT2D eigenvalue weighted by Crippen LogP contribution is 2.22. The maximum Gasteiger partial charge on any atom is 0.276 e. The fourth-order valence-electron chi connectivity index (χ4n) is 0.891. The van der Waals surface area contributed by atoms with Crippen molar-refractivity contribution in [1.29, 1.82) is 0 Å². The van der Waals surface area contributed by atoms with Crippen LogP contribution in [0.3, 0.4) is 0 Å². The molecule has 0 aromatic carbocycles. The van der Waals surface area contributed by atoms with Crippen LogP contribution < -0.4 is 5.32 Å². The third-order valence-corrected chi connectivity index (χ3v) is 2.54. The summed E-state index contributed by atoms with van der Waals surface area (Å²) >= 11 is 6.04. The molecular formula is C7H4ClFN4OS. The van der Waals surface area contributed by atoms with Crippen LogP contribution >= 0.6 is 22.9 Å². The Bertz CT molecular complexity index is 469. The number of thiazole rings is 1. The van der Waals surface area contributed by atoms with Gasteiger partial charge in [0.2, 0.25) is 0 Å². The van der Waals surface area contributed by atoms with Crippen LogP contribution in [-0.2, 0) is 4.79 Å². The number of hydrogen-bond acceptors (Lipinski definition) is 5. The summed E-state index contributed by atoms with van der Waals surface area (Å²) in [6.07, 6.45) is 2.98. The first-order valence-corrected chi connectivity index (χ1v) is 5.08. The largest absolute Gasteiger partial charge is 0.298 e. The van der Waals surface area contributed by atoms with E-state index in [-0.39, 0.29) is 5.13 Å². The summed E-state index contributed by atoms with van der Waals surface area (Å²) in [6.45, 7) is 0. The maximum absolute atomic E-state index is 12.3. The van der Waals surface area contributed by atoms with Crippen LogP contribution in [0.4, 0.5) is 9.52 Å². The molecule has 2 aromatic heterocycles. The molecule has 0 saturated heterocycles. The van der Waals surface area contributed by atoms with Gasteiger partial charge in [-0.3, -0.25) is 10.1 Å². The Kier molecular flexibility index (Phi) is 2.74. The number of carbonyl (C=O) groups excluding carboxylic acids is 1. The molecule has 0 bridgehead atoms. The van der Waals surface area contributed by atoms with Crippen LogP contribution in [0.15, 0.2) is 12.4 Å². The Labute approximate surface area is 92.3 Å². The van der Waals surface area contributed by atoms with Crippen molar-refractivity contribution in [3.63, 3.8) is 0 Å². The molecule has 78 valence electrons. The number of nitrogens with one attached hydrogen (secondary N) is 1. The van der Waals surface area contributed by atoms with Crippen LogP contribution in [0.25, 0.3) is 10.5 Å². The van der Waals surface area contributed by atoms with Gasteiger partial charge in [-0.2, -0.15) is 4.98 Å². The number of anilines is 1. The lowest BCUT2D eigenvalue weighted by atomic mass is 10.7. The van der Waals surface area contributed by atoms with Gasteiger partial charge >= 0.3 is 0 Å². The van der Waals surface area contributed by atoms with E-state index in [1.807, 2.05) is 0 Å². The second-order valence-electron chi connectivity index (χ2n) is 2.49. The SMILES string of the molecule is O=C(Nc1nc2nccnc2s1)C(F)Cl. The first kappa shape index (κ1) is 10.2. The highest BCUT2D eigenvalue weighted by Gasteiger charge is 2.15. The van der Waals surface area contributed by atoms with Crippen molar-refractivity contribution in [2.45, 2.75) is 5.63 Å². The van der Waals surface area contributed by atoms with Gasteiger partial charge in [0.1, 0.15) is 0 Å². The lowest BCUT2D eigenvalue weighted by Crippen LogP contribution is -2.18. The zero-order valence-electron chi connectivity index (χ0n) is 7.15. The van der Waals surface area contributed by atoms with E-state index in [9.17, 15) is 9.18 Å². The molecule has 2 heterocycles. The highest BCUT2D eigenvalue weighted by atomic mass is 35.5. The summed E-state index contributed by atoms with van der Waals surface area (Å²) in [5.74, 6) is -0.948. The number of carbonyl (C=O) groups is 1. The van der Waals surface area contributed by atoms with Crippen molar-refractivity contribution < 1.29 is 9.18 Å². The van der Waals surface area contributed by atoms with Crippen molar-refractivity contribution in [2.24, 2.45) is 0 Å². The molecule has 0 aliphatic carbocycles. The van der Waals surface area contributed by atoms with Crippen LogP contribution in [-0.4, -0.2) is 26.5 Å². The normalized spacial score (nSPS) is 12.7. The number of amides is 1. The monoisotopic (exact) mass is 246 g/mol. The Balaban J connectivity index is 2.26. The zero-order chi connectivity index (χ0) is 10.8. The molecule has 8 heteroatoms. The number of rotatable bonds is 2. The minimum Gasteiger partial charge on any atom is -0.298 e. The lowest BCUT2D eigenvalue weighted by molar-refractivity contribution is -0.118. The third kappa shape index (κ3) is 2.18. The van der Waals surface area contributed by atoms with E-state index in [0.29, 0.717) is 10.5 Å². The molecule has 0 fully saturated rings. The summed E-state index contributed by atoms with van der Waals surface area (Å²) < 4.78 is 12.3. The van der Waals surface area contributed by atoms with Gasteiger partial charge in [-0.05, 0) is 0 Å². The van der Waals surface area contributed by atoms with Crippen molar-refractivity contribution in [2.75, 3.05) is 5.32 Å². The van der Waals surface area contributed by atoms with Crippen LogP contribution in [0.5, 0.6) is 0 Å². The number of nitrogens with zero attached hydrogens (tertiary/aromatic N) is 3. The van der Waals surface area contributed by atoms with Gasteiger partial charge in [0, 0.05) is 12.4 Å². The second kappa shape index (κ2) is 4.03. The van der Waals surface area contributed by atoms with E-state index >= 15 is 0 Å². The van der Waals surface area contributed by atoms with Crippen LogP contribution in [0.1, 0.15) is 0 Å². The molecule has 1 atom stereocenters. The molecule has 0 aliphatic heterocycles. The van der Waals surface area contributed by atoms with E-state index < -0.39 is 11.5 Å². The van der Waals surface area contributed by atoms with Gasteiger partial charge < -0.3 is 0 Å². The van der Waals surface area contributed by atoms with E-state index in [0.717, 1.165) is 11.3 Å². The van der Waals surface area contributed by atoms with Crippen molar-refractivity contribution in [3.05, 3.63) is 12.4 Å². The Morgan fingerprint density at radius 3 is 2.93 bits per heavy atom. The van der Waals surface area contributed by atoms with E-state index in [2.05, 4.69) is 20.3 Å². The number of alkyl halides is 2. The fourth-order valence-corrected chi connectivity index (χ4v) is 1.72. The fraction of sp³-hybridized carbons (Fsp3) is 0.143. The molecule has 0 spiro atoms. The average Bonchev–Trinajstić information content (AvgIpc) is 2.59. The number of aromatic nitrogens is 3. The minimum absolute atomic E-state index is 0.226. The van der Waals surface area contributed by atoms with Gasteiger partial charge in [-0.15, -0.1) is 0 Å². The topological polar surface area (TPSA) is 67.8 Å². The minimum atomic E-state index is -2.09. The molecule has 15 heavy (non-hydrogen) atoms. The second-order valence-corrected chi connectivity index (χ2v) is 3.85. The molecule has 1 unspecified atom stereocenters. The van der Waals surface area contributed by atoms with Crippen LogP contribution in [0, 0.1) is 0 Å². The summed E-state index contributed by atoms with van der Waals surface area (Å²) in [4.78, 5) is 23.3. The first-order chi connectivity index (χ1) is 7.16. The molecular weight excluding hydrogens is 243 g/mol. The van der Waals surface area contributed by atoms with Crippen molar-refractivity contribution >= 4 is 44.5 Å². The number of hydrogen-bond donors (Lipinski definition) is 1. The Hall–Kier alpha value is -1.34. The van der Waals surface area contributed by atoms with Crippen molar-refractivity contribution in [1.82, 2.24) is 15.0 Å². The van der Waals surface area contributed by atoms with Gasteiger partial charge in [-0.25, -0.2) is 14.4 Å². The number of halogens is 2. The van der Waals surface area contributed by atoms with E-state index in [4.69, 9.17) is 11.6 Å². The predicted molar refractivity (Wildman–Crippen MR) is 54.6 cm³/mol. The van der Waals surface area contributed by atoms with E-state index in [1.165, 1.54) is 12.4 Å². The zero-order valence-corrected chi connectivity index (χ0v) is 8.72. The maximum atomic E-state index is 12.3. The molecule has 1 N–H and O–H groups in total. The predicted octanol–water partition coefficient (Wildman–Crippen LogP) is 1.56. The standard InChI is InChI=1S/C7H4ClFN4OS/c8-3(9)5(14)13-7-12-4-6(15-7)11-2-1-10-4/h1-3H,(H,10,12,13,14). The Morgan fingerprint density at radius 2 is 2.27 bits per heavy atom.